The third-order valence-electron chi connectivity index (χ3n) is 6.42. The van der Waals surface area contributed by atoms with Crippen molar-refractivity contribution in [3.8, 4) is 0 Å². The zero-order valence-corrected chi connectivity index (χ0v) is 19.3. The molecule has 2 aliphatic rings. The van der Waals surface area contributed by atoms with Gasteiger partial charge in [0.1, 0.15) is 11.7 Å². The highest BCUT2D eigenvalue weighted by Gasteiger charge is 2.30. The Morgan fingerprint density at radius 1 is 1.18 bits per heavy atom. The Bertz CT molecular complexity index is 1120. The second-order valence-electron chi connectivity index (χ2n) is 8.86. The number of nitrogens with zero attached hydrogens (tertiary/aromatic N) is 3. The van der Waals surface area contributed by atoms with Crippen molar-refractivity contribution in [3.05, 3.63) is 63.4 Å². The smallest absolute Gasteiger partial charge is 0.182 e. The molecule has 1 fully saturated rings. The second-order valence-corrected chi connectivity index (χ2v) is 9.27. The van der Waals surface area contributed by atoms with E-state index in [0.717, 1.165) is 31.7 Å². The van der Waals surface area contributed by atoms with E-state index in [4.69, 9.17) is 16.6 Å². The monoisotopic (exact) mass is 478 g/mol. The van der Waals surface area contributed by atoms with E-state index in [0.29, 0.717) is 23.0 Å². The quantitative estimate of drug-likeness (QED) is 0.343. The maximum Gasteiger partial charge on any atom is 0.182 e. The van der Waals surface area contributed by atoms with Crippen LogP contribution in [0, 0.1) is 17.5 Å². The van der Waals surface area contributed by atoms with Crippen LogP contribution in [0.3, 0.4) is 0 Å². The number of nitrogens with one attached hydrogen (secondary N) is 1. The lowest BCUT2D eigenvalue weighted by Gasteiger charge is -2.31. The highest BCUT2D eigenvalue weighted by Crippen LogP contribution is 2.34. The fourth-order valence-electron chi connectivity index (χ4n) is 4.64. The van der Waals surface area contributed by atoms with E-state index in [1.807, 2.05) is 0 Å². The molecule has 0 saturated heterocycles. The molecule has 1 heterocycles. The summed E-state index contributed by atoms with van der Waals surface area (Å²) in [5, 5.41) is 15.9. The number of aliphatic imine (C=N–C) groups is 1. The highest BCUT2D eigenvalue weighted by molar-refractivity contribution is 6.30. The van der Waals surface area contributed by atoms with Crippen molar-refractivity contribution in [2.45, 2.75) is 50.6 Å². The lowest BCUT2D eigenvalue weighted by Crippen LogP contribution is -2.35. The van der Waals surface area contributed by atoms with Gasteiger partial charge in [0.15, 0.2) is 11.6 Å². The van der Waals surface area contributed by atoms with E-state index >= 15 is 0 Å². The Hall–Kier alpha value is -2.58. The van der Waals surface area contributed by atoms with Crippen LogP contribution < -0.4 is 5.32 Å². The number of fused-ring (bicyclic) bond motifs is 1. The van der Waals surface area contributed by atoms with Crippen LogP contribution in [0.15, 0.2) is 34.4 Å². The Morgan fingerprint density at radius 2 is 1.97 bits per heavy atom. The van der Waals surface area contributed by atoms with Crippen molar-refractivity contribution in [1.29, 1.82) is 0 Å². The number of anilines is 1. The molecule has 2 N–H and O–H groups in total. The number of rotatable bonds is 5. The van der Waals surface area contributed by atoms with Crippen molar-refractivity contribution < 1.29 is 18.4 Å². The average Bonchev–Trinajstić information content (AvgIpc) is 3.21. The van der Waals surface area contributed by atoms with Crippen molar-refractivity contribution in [3.63, 3.8) is 0 Å². The van der Waals surface area contributed by atoms with Crippen molar-refractivity contribution in [2.24, 2.45) is 10.1 Å². The zero-order chi connectivity index (χ0) is 23.7. The number of benzene rings is 2. The van der Waals surface area contributed by atoms with Crippen LogP contribution in [0.25, 0.3) is 0 Å². The summed E-state index contributed by atoms with van der Waals surface area (Å²) in [4.78, 5) is 7.01. The summed E-state index contributed by atoms with van der Waals surface area (Å²) in [6.45, 7) is 0. The van der Waals surface area contributed by atoms with Gasteiger partial charge >= 0.3 is 0 Å². The Labute approximate surface area is 196 Å². The predicted molar refractivity (Wildman–Crippen MR) is 124 cm³/mol. The molecule has 0 amide bonds. The maximum absolute atomic E-state index is 14.6. The van der Waals surface area contributed by atoms with Gasteiger partial charge in [-0.3, -0.25) is 4.99 Å². The van der Waals surface area contributed by atoms with Gasteiger partial charge in [0.2, 0.25) is 0 Å². The van der Waals surface area contributed by atoms with Gasteiger partial charge in [0.25, 0.3) is 0 Å². The molecule has 176 valence electrons. The molecule has 2 aromatic rings. The van der Waals surface area contributed by atoms with Gasteiger partial charge in [-0.05, 0) is 69.1 Å². The van der Waals surface area contributed by atoms with Gasteiger partial charge in [-0.2, -0.15) is 0 Å². The third kappa shape index (κ3) is 5.01. The molecule has 0 spiro atoms. The summed E-state index contributed by atoms with van der Waals surface area (Å²) in [6, 6.07) is 5.70. The Kier molecular flexibility index (Phi) is 6.95. The normalized spacial score (nSPS) is 22.0. The molecular weight excluding hydrogens is 453 g/mol. The summed E-state index contributed by atoms with van der Waals surface area (Å²) in [5.74, 6) is -2.04. The summed E-state index contributed by atoms with van der Waals surface area (Å²) in [6.07, 6.45) is 4.38. The fraction of sp³-hybridized carbons (Fsp3) is 0.417. The fourth-order valence-corrected chi connectivity index (χ4v) is 4.85. The third-order valence-corrected chi connectivity index (χ3v) is 6.71. The molecule has 0 unspecified atom stereocenters. The Morgan fingerprint density at radius 3 is 2.67 bits per heavy atom. The van der Waals surface area contributed by atoms with Crippen molar-refractivity contribution >= 4 is 28.8 Å². The first-order valence-electron chi connectivity index (χ1n) is 10.9. The van der Waals surface area contributed by atoms with Gasteiger partial charge in [-0.1, -0.05) is 22.8 Å². The van der Waals surface area contributed by atoms with Crippen molar-refractivity contribution in [1.82, 2.24) is 4.90 Å². The van der Waals surface area contributed by atoms with Gasteiger partial charge in [-0.15, -0.1) is 0 Å². The molecule has 0 bridgehead atoms. The average molecular weight is 479 g/mol. The standard InChI is InChI=1S/C24H26ClF3N4O/c1-32(2)15-5-3-4-14(10-15)29-22-12-17-16(11-20(27)23(28)24(17)30-22)21(31-33)9-13-6-7-19(26)18(25)8-13/h6-8,11,14-15,33H,3-5,9-10,12H2,1-2H3,(H,29,30)/b31-21+/t14-,15+/m0/s1. The summed E-state index contributed by atoms with van der Waals surface area (Å²) in [5.41, 5.74) is 1.47. The minimum Gasteiger partial charge on any atom is -0.411 e. The molecule has 1 aliphatic heterocycles. The number of hydrogen-bond acceptors (Lipinski definition) is 4. The topological polar surface area (TPSA) is 60.2 Å². The number of amidine groups is 1. The first-order chi connectivity index (χ1) is 15.8. The minimum absolute atomic E-state index is 0.0157. The number of hydrogen-bond donors (Lipinski definition) is 2. The highest BCUT2D eigenvalue weighted by atomic mass is 35.5. The summed E-state index contributed by atoms with van der Waals surface area (Å²) in [7, 11) is 4.11. The van der Waals surface area contributed by atoms with Crippen LogP contribution in [0.4, 0.5) is 18.9 Å². The lowest BCUT2D eigenvalue weighted by molar-refractivity contribution is 0.214. The number of halogens is 4. The van der Waals surface area contributed by atoms with Gasteiger partial charge in [0, 0.05) is 24.4 Å². The van der Waals surface area contributed by atoms with Crippen LogP contribution in [0.2, 0.25) is 5.02 Å². The Balaban J connectivity index is 1.62. The second kappa shape index (κ2) is 9.73. The van der Waals surface area contributed by atoms with Crippen LogP contribution in [0.5, 0.6) is 0 Å². The minimum atomic E-state index is -1.05. The molecule has 5 nitrogen and oxygen atoms in total. The van der Waals surface area contributed by atoms with E-state index in [1.54, 1.807) is 0 Å². The molecule has 33 heavy (non-hydrogen) atoms. The molecule has 9 heteroatoms. The van der Waals surface area contributed by atoms with Crippen LogP contribution >= 0.6 is 11.6 Å². The molecule has 0 radical (unpaired) electrons. The van der Waals surface area contributed by atoms with Gasteiger partial charge < -0.3 is 15.4 Å². The van der Waals surface area contributed by atoms with Gasteiger partial charge in [-0.25, -0.2) is 13.2 Å². The van der Waals surface area contributed by atoms with E-state index < -0.39 is 17.5 Å². The van der Waals surface area contributed by atoms with E-state index in [2.05, 4.69) is 29.5 Å². The van der Waals surface area contributed by atoms with E-state index in [-0.39, 0.29) is 40.9 Å². The molecule has 4 rings (SSSR count). The summed E-state index contributed by atoms with van der Waals surface area (Å²) < 4.78 is 42.6. The molecule has 1 saturated carbocycles. The molecule has 2 aromatic carbocycles. The molecular formula is C24H26ClF3N4O. The van der Waals surface area contributed by atoms with E-state index in [1.165, 1.54) is 18.2 Å². The van der Waals surface area contributed by atoms with Gasteiger partial charge in [0.05, 0.1) is 22.5 Å². The van der Waals surface area contributed by atoms with Crippen LogP contribution in [0.1, 0.15) is 42.4 Å². The SMILES string of the molecule is CN(C)[C@@H]1CCC[C@H](N=C2Cc3c(/C(Cc4ccc(F)c(Cl)c4)=N/O)cc(F)c(F)c3N2)C1. The predicted octanol–water partition coefficient (Wildman–Crippen LogP) is 5.42. The molecule has 1 aliphatic carbocycles. The summed E-state index contributed by atoms with van der Waals surface area (Å²) >= 11 is 5.85. The number of oxime groups is 1. The van der Waals surface area contributed by atoms with Crippen molar-refractivity contribution in [2.75, 3.05) is 19.4 Å². The molecule has 2 atom stereocenters. The zero-order valence-electron chi connectivity index (χ0n) is 18.5. The first kappa shape index (κ1) is 23.6. The molecule has 0 aromatic heterocycles. The van der Waals surface area contributed by atoms with E-state index in [9.17, 15) is 18.4 Å². The first-order valence-corrected chi connectivity index (χ1v) is 11.3. The maximum atomic E-state index is 14.6. The van der Waals surface area contributed by atoms with Crippen LogP contribution in [-0.4, -0.2) is 47.8 Å². The van der Waals surface area contributed by atoms with Crippen LogP contribution in [-0.2, 0) is 12.8 Å². The lowest BCUT2D eigenvalue weighted by atomic mass is 9.90. The largest absolute Gasteiger partial charge is 0.411 e.